The maximum atomic E-state index is 9.05. The molecule has 0 spiro atoms. The van der Waals surface area contributed by atoms with Gasteiger partial charge in [-0.05, 0) is 26.8 Å². The summed E-state index contributed by atoms with van der Waals surface area (Å²) in [6, 6.07) is 1.91. The van der Waals surface area contributed by atoms with Gasteiger partial charge in [-0.25, -0.2) is 0 Å². The molecule has 5 heteroatoms. The lowest BCUT2D eigenvalue weighted by Crippen LogP contribution is -2.30. The summed E-state index contributed by atoms with van der Waals surface area (Å²) < 4.78 is 0. The molecule has 1 heterocycles. The SMILES string of the molecule is CCN(CCO)c1cc(C)nc(C)c1C(=N)N. The first-order valence-corrected chi connectivity index (χ1v) is 5.69. The van der Waals surface area contributed by atoms with Crippen LogP contribution >= 0.6 is 0 Å². The molecule has 1 aromatic heterocycles. The summed E-state index contributed by atoms with van der Waals surface area (Å²) in [6.45, 7) is 7.12. The Morgan fingerprint density at radius 1 is 1.53 bits per heavy atom. The molecule has 0 aromatic carbocycles. The van der Waals surface area contributed by atoms with Crippen LogP contribution in [0.1, 0.15) is 23.9 Å². The molecular weight excluding hydrogens is 216 g/mol. The van der Waals surface area contributed by atoms with E-state index in [1.54, 1.807) is 0 Å². The largest absolute Gasteiger partial charge is 0.395 e. The number of pyridine rings is 1. The summed E-state index contributed by atoms with van der Waals surface area (Å²) in [7, 11) is 0. The van der Waals surface area contributed by atoms with Crippen molar-refractivity contribution < 1.29 is 5.11 Å². The van der Waals surface area contributed by atoms with E-state index in [0.717, 1.165) is 23.6 Å². The number of amidine groups is 1. The minimum absolute atomic E-state index is 0.0152. The summed E-state index contributed by atoms with van der Waals surface area (Å²) in [6.07, 6.45) is 0. The minimum atomic E-state index is 0.0152. The number of aliphatic hydroxyl groups excluding tert-OH is 1. The summed E-state index contributed by atoms with van der Waals surface area (Å²) in [4.78, 5) is 6.32. The molecule has 0 aliphatic heterocycles. The van der Waals surface area contributed by atoms with Crippen molar-refractivity contribution in [3.63, 3.8) is 0 Å². The number of nitrogens with one attached hydrogen (secondary N) is 1. The summed E-state index contributed by atoms with van der Waals surface area (Å²) >= 11 is 0. The monoisotopic (exact) mass is 236 g/mol. The molecule has 5 nitrogen and oxygen atoms in total. The lowest BCUT2D eigenvalue weighted by atomic mass is 10.1. The number of aromatic nitrogens is 1. The molecule has 0 bridgehead atoms. The maximum absolute atomic E-state index is 9.05. The zero-order valence-corrected chi connectivity index (χ0v) is 10.6. The quantitative estimate of drug-likeness (QED) is 0.521. The first kappa shape index (κ1) is 13.4. The lowest BCUT2D eigenvalue weighted by Gasteiger charge is -2.25. The van der Waals surface area contributed by atoms with Crippen LogP contribution in [0.2, 0.25) is 0 Å². The number of nitrogens with zero attached hydrogens (tertiary/aromatic N) is 2. The molecule has 0 saturated carbocycles. The van der Waals surface area contributed by atoms with Crippen LogP contribution < -0.4 is 10.6 Å². The second kappa shape index (κ2) is 5.63. The predicted molar refractivity (Wildman–Crippen MR) is 69.7 cm³/mol. The van der Waals surface area contributed by atoms with Gasteiger partial charge in [-0.15, -0.1) is 0 Å². The molecule has 94 valence electrons. The van der Waals surface area contributed by atoms with E-state index in [1.807, 2.05) is 31.7 Å². The Morgan fingerprint density at radius 2 is 2.18 bits per heavy atom. The average molecular weight is 236 g/mol. The Balaban J connectivity index is 3.32. The second-order valence-corrected chi connectivity index (χ2v) is 3.96. The van der Waals surface area contributed by atoms with Crippen LogP contribution in [0.4, 0.5) is 5.69 Å². The van der Waals surface area contributed by atoms with Crippen molar-refractivity contribution in [1.29, 1.82) is 5.41 Å². The van der Waals surface area contributed by atoms with Gasteiger partial charge in [-0.3, -0.25) is 10.4 Å². The molecule has 1 rings (SSSR count). The number of nitrogen functional groups attached to an aromatic ring is 1. The fourth-order valence-corrected chi connectivity index (χ4v) is 1.96. The number of aryl methyl sites for hydroxylation is 2. The fourth-order valence-electron chi connectivity index (χ4n) is 1.96. The number of aliphatic hydroxyl groups is 1. The van der Waals surface area contributed by atoms with Crippen LogP contribution in [0, 0.1) is 19.3 Å². The van der Waals surface area contributed by atoms with E-state index in [1.165, 1.54) is 0 Å². The third kappa shape index (κ3) is 2.94. The highest BCUT2D eigenvalue weighted by Gasteiger charge is 2.15. The first-order valence-electron chi connectivity index (χ1n) is 5.69. The molecule has 0 saturated heterocycles. The van der Waals surface area contributed by atoms with Gasteiger partial charge in [0, 0.05) is 18.8 Å². The van der Waals surface area contributed by atoms with Crippen LogP contribution in [-0.2, 0) is 0 Å². The van der Waals surface area contributed by atoms with Crippen molar-refractivity contribution in [3.8, 4) is 0 Å². The highest BCUT2D eigenvalue weighted by molar-refractivity contribution is 6.01. The van der Waals surface area contributed by atoms with Crippen molar-refractivity contribution in [2.75, 3.05) is 24.6 Å². The van der Waals surface area contributed by atoms with Gasteiger partial charge in [0.1, 0.15) is 5.84 Å². The third-order valence-corrected chi connectivity index (χ3v) is 2.67. The molecule has 1 aromatic rings. The molecule has 0 fully saturated rings. The zero-order valence-electron chi connectivity index (χ0n) is 10.6. The number of hydrogen-bond acceptors (Lipinski definition) is 4. The van der Waals surface area contributed by atoms with E-state index in [0.29, 0.717) is 12.1 Å². The van der Waals surface area contributed by atoms with E-state index < -0.39 is 0 Å². The summed E-state index contributed by atoms with van der Waals surface area (Å²) in [5, 5.41) is 16.7. The number of anilines is 1. The van der Waals surface area contributed by atoms with E-state index in [2.05, 4.69) is 4.98 Å². The predicted octanol–water partition coefficient (Wildman–Crippen LogP) is 0.801. The standard InChI is InChI=1S/C12H20N4O/c1-4-16(5-6-17)10-7-8(2)15-9(3)11(10)12(13)14/h7,17H,4-6H2,1-3H3,(H3,13,14). The smallest absolute Gasteiger partial charge is 0.126 e. The van der Waals surface area contributed by atoms with Crippen LogP contribution in [0.5, 0.6) is 0 Å². The molecule has 0 unspecified atom stereocenters. The molecule has 0 aliphatic rings. The first-order chi connectivity index (χ1) is 8.01. The van der Waals surface area contributed by atoms with E-state index in [9.17, 15) is 0 Å². The van der Waals surface area contributed by atoms with Crippen molar-refractivity contribution in [2.24, 2.45) is 5.73 Å². The van der Waals surface area contributed by atoms with E-state index >= 15 is 0 Å². The maximum Gasteiger partial charge on any atom is 0.126 e. The topological polar surface area (TPSA) is 86.2 Å². The van der Waals surface area contributed by atoms with Gasteiger partial charge in [-0.2, -0.15) is 0 Å². The molecule has 0 radical (unpaired) electrons. The Kier molecular flexibility index (Phi) is 4.45. The van der Waals surface area contributed by atoms with Gasteiger partial charge in [0.2, 0.25) is 0 Å². The summed E-state index contributed by atoms with van der Waals surface area (Å²) in [5.41, 5.74) is 8.78. The van der Waals surface area contributed by atoms with Crippen molar-refractivity contribution in [1.82, 2.24) is 4.98 Å². The number of likely N-dealkylation sites (N-methyl/N-ethyl adjacent to an activating group) is 1. The number of nitrogens with two attached hydrogens (primary N) is 1. The van der Waals surface area contributed by atoms with Crippen LogP contribution in [0.25, 0.3) is 0 Å². The average Bonchev–Trinajstić information content (AvgIpc) is 2.23. The third-order valence-electron chi connectivity index (χ3n) is 2.67. The highest BCUT2D eigenvalue weighted by Crippen LogP contribution is 2.23. The van der Waals surface area contributed by atoms with Crippen molar-refractivity contribution >= 4 is 11.5 Å². The Labute approximate surface area is 102 Å². The Morgan fingerprint density at radius 3 is 2.65 bits per heavy atom. The van der Waals surface area contributed by atoms with Gasteiger partial charge >= 0.3 is 0 Å². The molecule has 4 N–H and O–H groups in total. The van der Waals surface area contributed by atoms with Crippen LogP contribution in [-0.4, -0.2) is 35.6 Å². The van der Waals surface area contributed by atoms with Crippen molar-refractivity contribution in [3.05, 3.63) is 23.0 Å². The summed E-state index contributed by atoms with van der Waals surface area (Å²) in [5.74, 6) is 0.0152. The van der Waals surface area contributed by atoms with Gasteiger partial charge in [-0.1, -0.05) is 0 Å². The van der Waals surface area contributed by atoms with E-state index in [4.69, 9.17) is 16.2 Å². The van der Waals surface area contributed by atoms with Gasteiger partial charge in [0.15, 0.2) is 0 Å². The molecule has 0 amide bonds. The Bertz CT molecular complexity index is 417. The zero-order chi connectivity index (χ0) is 13.0. The Hall–Kier alpha value is -1.62. The second-order valence-electron chi connectivity index (χ2n) is 3.96. The normalized spacial score (nSPS) is 10.4. The molecule has 17 heavy (non-hydrogen) atoms. The molecule has 0 atom stereocenters. The molecular formula is C12H20N4O. The number of rotatable bonds is 5. The van der Waals surface area contributed by atoms with Gasteiger partial charge in [0.05, 0.1) is 23.6 Å². The number of hydrogen-bond donors (Lipinski definition) is 3. The van der Waals surface area contributed by atoms with Gasteiger partial charge < -0.3 is 15.7 Å². The minimum Gasteiger partial charge on any atom is -0.395 e. The van der Waals surface area contributed by atoms with Crippen molar-refractivity contribution in [2.45, 2.75) is 20.8 Å². The fraction of sp³-hybridized carbons (Fsp3) is 0.500. The van der Waals surface area contributed by atoms with Crippen LogP contribution in [0.3, 0.4) is 0 Å². The lowest BCUT2D eigenvalue weighted by molar-refractivity contribution is 0.302. The molecule has 0 aliphatic carbocycles. The van der Waals surface area contributed by atoms with E-state index in [-0.39, 0.29) is 12.4 Å². The van der Waals surface area contributed by atoms with Crippen LogP contribution in [0.15, 0.2) is 6.07 Å². The van der Waals surface area contributed by atoms with Gasteiger partial charge in [0.25, 0.3) is 0 Å². The highest BCUT2D eigenvalue weighted by atomic mass is 16.3.